The van der Waals surface area contributed by atoms with Crippen LogP contribution in [0.4, 0.5) is 0 Å². The summed E-state index contributed by atoms with van der Waals surface area (Å²) in [7, 11) is 1.74. The quantitative estimate of drug-likeness (QED) is 0.366. The number of nitrogens with zero attached hydrogens (tertiary/aromatic N) is 1. The highest BCUT2D eigenvalue weighted by Crippen LogP contribution is 2.16. The lowest BCUT2D eigenvalue weighted by atomic mass is 10.2. The molecule has 3 nitrogen and oxygen atoms in total. The molecule has 0 spiro atoms. The second-order valence-corrected chi connectivity index (χ2v) is 5.26. The number of nitrogens with one attached hydrogen (secondary N) is 2. The average Bonchev–Trinajstić information content (AvgIpc) is 2.69. The fourth-order valence-electron chi connectivity index (χ4n) is 1.51. The lowest BCUT2D eigenvalue weighted by Crippen LogP contribution is -2.43. The van der Waals surface area contributed by atoms with Gasteiger partial charge in [0.25, 0.3) is 0 Å². The molecule has 5 heteroatoms. The van der Waals surface area contributed by atoms with E-state index in [1.54, 1.807) is 7.05 Å². The fraction of sp³-hybridized carbons (Fsp3) is 0.462. The van der Waals surface area contributed by atoms with Gasteiger partial charge >= 0.3 is 0 Å². The minimum atomic E-state index is 0. The maximum atomic E-state index is 5.20. The lowest BCUT2D eigenvalue weighted by Gasteiger charge is -2.16. The van der Waals surface area contributed by atoms with E-state index < -0.39 is 0 Å². The van der Waals surface area contributed by atoms with Crippen molar-refractivity contribution >= 4 is 41.3 Å². The van der Waals surface area contributed by atoms with Crippen molar-refractivity contribution in [3.8, 4) is 12.3 Å². The van der Waals surface area contributed by atoms with Gasteiger partial charge in [-0.25, -0.2) is 0 Å². The zero-order valence-electron chi connectivity index (χ0n) is 11.0. The molecule has 1 rings (SSSR count). The van der Waals surface area contributed by atoms with Crippen molar-refractivity contribution < 1.29 is 0 Å². The van der Waals surface area contributed by atoms with Crippen LogP contribution in [0, 0.1) is 19.3 Å². The first-order chi connectivity index (χ1) is 8.15. The van der Waals surface area contributed by atoms with Crippen LogP contribution in [0.15, 0.2) is 17.1 Å². The summed E-state index contributed by atoms with van der Waals surface area (Å²) in [6, 6.07) is 4.66. The van der Waals surface area contributed by atoms with Gasteiger partial charge in [-0.05, 0) is 26.0 Å². The highest BCUT2D eigenvalue weighted by molar-refractivity contribution is 14.0. The van der Waals surface area contributed by atoms with E-state index in [1.165, 1.54) is 9.75 Å². The topological polar surface area (TPSA) is 36.4 Å². The first kappa shape index (κ1) is 17.3. The van der Waals surface area contributed by atoms with E-state index in [2.05, 4.69) is 47.5 Å². The van der Waals surface area contributed by atoms with E-state index in [0.717, 1.165) is 12.4 Å². The zero-order chi connectivity index (χ0) is 12.7. The van der Waals surface area contributed by atoms with Gasteiger partial charge in [0.15, 0.2) is 5.96 Å². The second kappa shape index (κ2) is 9.22. The molecule has 2 N–H and O–H groups in total. The predicted molar refractivity (Wildman–Crippen MR) is 91.0 cm³/mol. The van der Waals surface area contributed by atoms with Gasteiger partial charge in [-0.2, -0.15) is 0 Å². The molecule has 1 aromatic heterocycles. The molecule has 0 aliphatic heterocycles. The minimum absolute atomic E-state index is 0. The van der Waals surface area contributed by atoms with Crippen LogP contribution in [-0.4, -0.2) is 25.6 Å². The van der Waals surface area contributed by atoms with Crippen molar-refractivity contribution in [3.05, 3.63) is 21.9 Å². The molecular weight excluding hydrogens is 357 g/mol. The van der Waals surface area contributed by atoms with Crippen LogP contribution in [0.1, 0.15) is 16.7 Å². The van der Waals surface area contributed by atoms with Crippen LogP contribution in [0.3, 0.4) is 0 Å². The zero-order valence-corrected chi connectivity index (χ0v) is 14.1. The molecule has 0 fully saturated rings. The molecule has 1 heterocycles. The Morgan fingerprint density at radius 1 is 1.56 bits per heavy atom. The molecule has 0 bridgehead atoms. The molecule has 0 radical (unpaired) electrons. The van der Waals surface area contributed by atoms with Crippen LogP contribution < -0.4 is 10.6 Å². The Labute approximate surface area is 130 Å². The third-order valence-electron chi connectivity index (χ3n) is 2.27. The number of thiophene rings is 1. The Bertz CT molecular complexity index is 420. The first-order valence-electron chi connectivity index (χ1n) is 5.61. The van der Waals surface area contributed by atoms with E-state index in [-0.39, 0.29) is 24.0 Å². The fourth-order valence-corrected chi connectivity index (χ4v) is 2.53. The molecule has 0 aliphatic carbocycles. The van der Waals surface area contributed by atoms with E-state index in [0.29, 0.717) is 12.6 Å². The van der Waals surface area contributed by atoms with E-state index >= 15 is 0 Å². The number of rotatable bonds is 4. The number of aryl methyl sites for hydroxylation is 1. The number of guanidine groups is 1. The highest BCUT2D eigenvalue weighted by Gasteiger charge is 2.07. The van der Waals surface area contributed by atoms with Gasteiger partial charge in [-0.3, -0.25) is 4.99 Å². The molecule has 0 amide bonds. The number of halogens is 1. The smallest absolute Gasteiger partial charge is 0.191 e. The van der Waals surface area contributed by atoms with Gasteiger partial charge in [-0.15, -0.1) is 41.7 Å². The number of aliphatic imine (C=N–C) groups is 1. The molecule has 1 aromatic rings. The van der Waals surface area contributed by atoms with Crippen molar-refractivity contribution in [1.82, 2.24) is 10.6 Å². The third kappa shape index (κ3) is 6.26. The van der Waals surface area contributed by atoms with Crippen LogP contribution in [0.25, 0.3) is 0 Å². The molecule has 100 valence electrons. The molecule has 1 atom stereocenters. The predicted octanol–water partition coefficient (Wildman–Crippen LogP) is 2.40. The second-order valence-electron chi connectivity index (χ2n) is 3.89. The Balaban J connectivity index is 0.00000289. The van der Waals surface area contributed by atoms with Gasteiger partial charge < -0.3 is 10.6 Å². The highest BCUT2D eigenvalue weighted by atomic mass is 127. The van der Waals surface area contributed by atoms with Crippen molar-refractivity contribution in [3.63, 3.8) is 0 Å². The van der Waals surface area contributed by atoms with E-state index in [1.807, 2.05) is 11.3 Å². The first-order valence-corrected chi connectivity index (χ1v) is 6.43. The summed E-state index contributed by atoms with van der Waals surface area (Å²) in [5.41, 5.74) is 0. The van der Waals surface area contributed by atoms with Crippen LogP contribution >= 0.6 is 35.3 Å². The Hall–Kier alpha value is -0.740. The summed E-state index contributed by atoms with van der Waals surface area (Å²) < 4.78 is 0. The third-order valence-corrected chi connectivity index (χ3v) is 3.29. The molecule has 18 heavy (non-hydrogen) atoms. The monoisotopic (exact) mass is 377 g/mol. The summed E-state index contributed by atoms with van der Waals surface area (Å²) in [6.07, 6.45) is 6.19. The molecular formula is C13H20IN3S. The number of terminal acetylenes is 1. The van der Waals surface area contributed by atoms with Crippen LogP contribution in [0.2, 0.25) is 0 Å². The van der Waals surface area contributed by atoms with Crippen molar-refractivity contribution in [2.45, 2.75) is 26.3 Å². The maximum absolute atomic E-state index is 5.20. The molecule has 0 saturated heterocycles. The van der Waals surface area contributed by atoms with Gasteiger partial charge in [0.05, 0.1) is 6.54 Å². The summed E-state index contributed by atoms with van der Waals surface area (Å²) in [5, 5.41) is 6.36. The van der Waals surface area contributed by atoms with Gasteiger partial charge in [0.1, 0.15) is 0 Å². The lowest BCUT2D eigenvalue weighted by molar-refractivity contribution is 0.651. The summed E-state index contributed by atoms with van der Waals surface area (Å²) >= 11 is 1.84. The summed E-state index contributed by atoms with van der Waals surface area (Å²) in [5.74, 6) is 3.28. The Morgan fingerprint density at radius 3 is 2.78 bits per heavy atom. The summed E-state index contributed by atoms with van der Waals surface area (Å²) in [4.78, 5) is 6.85. The largest absolute Gasteiger partial charge is 0.354 e. The van der Waals surface area contributed by atoms with Gasteiger partial charge in [0, 0.05) is 29.3 Å². The minimum Gasteiger partial charge on any atom is -0.354 e. The van der Waals surface area contributed by atoms with Crippen LogP contribution in [0.5, 0.6) is 0 Å². The maximum Gasteiger partial charge on any atom is 0.191 e. The average molecular weight is 377 g/mol. The molecule has 0 aromatic carbocycles. The summed E-state index contributed by atoms with van der Waals surface area (Å²) in [6.45, 7) is 4.75. The van der Waals surface area contributed by atoms with E-state index in [9.17, 15) is 0 Å². The normalized spacial score (nSPS) is 12.2. The molecule has 0 saturated carbocycles. The van der Waals surface area contributed by atoms with Crippen molar-refractivity contribution in [2.75, 3.05) is 13.6 Å². The number of hydrogen-bond donors (Lipinski definition) is 2. The number of hydrogen-bond acceptors (Lipinski definition) is 2. The van der Waals surface area contributed by atoms with Crippen LogP contribution in [-0.2, 0) is 6.42 Å². The Morgan fingerprint density at radius 2 is 2.28 bits per heavy atom. The molecule has 1 unspecified atom stereocenters. The van der Waals surface area contributed by atoms with Crippen molar-refractivity contribution in [2.24, 2.45) is 4.99 Å². The van der Waals surface area contributed by atoms with Crippen molar-refractivity contribution in [1.29, 1.82) is 0 Å². The SMILES string of the molecule is C#CCNC(=NC)NC(C)Cc1ccc(C)s1.I. The molecule has 0 aliphatic rings. The Kier molecular flexibility index (Phi) is 8.85. The van der Waals surface area contributed by atoms with Gasteiger partial charge in [0.2, 0.25) is 0 Å². The standard InChI is InChI=1S/C13H19N3S.HI/c1-5-8-15-13(14-4)16-10(2)9-12-7-6-11(3)17-12;/h1,6-7,10H,8-9H2,2-4H3,(H2,14,15,16);1H. The van der Waals surface area contributed by atoms with E-state index in [4.69, 9.17) is 6.42 Å². The van der Waals surface area contributed by atoms with Gasteiger partial charge in [-0.1, -0.05) is 5.92 Å².